The molecule has 0 bridgehead atoms. The fraction of sp³-hybridized carbons (Fsp3) is 1.00. The van der Waals surface area contributed by atoms with Crippen molar-refractivity contribution in [2.24, 2.45) is 17.8 Å². The average Bonchev–Trinajstić information content (AvgIpc) is 3.30. The van der Waals surface area contributed by atoms with E-state index in [0.717, 1.165) is 35.9 Å². The summed E-state index contributed by atoms with van der Waals surface area (Å²) in [6.45, 7) is 9.96. The molecule has 1 aliphatic heterocycles. The van der Waals surface area contributed by atoms with Gasteiger partial charge in [-0.05, 0) is 62.8 Å². The lowest BCUT2D eigenvalue weighted by Gasteiger charge is -2.45. The van der Waals surface area contributed by atoms with Crippen molar-refractivity contribution in [1.82, 2.24) is 10.2 Å². The van der Waals surface area contributed by atoms with Crippen LogP contribution in [0.2, 0.25) is 0 Å². The lowest BCUT2D eigenvalue weighted by atomic mass is 9.73. The maximum Gasteiger partial charge on any atom is 0.0195 e. The van der Waals surface area contributed by atoms with Gasteiger partial charge < -0.3 is 5.32 Å². The summed E-state index contributed by atoms with van der Waals surface area (Å²) in [6.07, 6.45) is 11.5. The molecule has 0 spiro atoms. The van der Waals surface area contributed by atoms with Crippen LogP contribution in [0.25, 0.3) is 0 Å². The van der Waals surface area contributed by atoms with Crippen LogP contribution in [0.3, 0.4) is 0 Å². The third-order valence-corrected chi connectivity index (χ3v) is 6.27. The second-order valence-corrected chi connectivity index (χ2v) is 8.47. The molecule has 3 rings (SSSR count). The first-order valence-electron chi connectivity index (χ1n) is 9.64. The van der Waals surface area contributed by atoms with Crippen LogP contribution in [-0.2, 0) is 0 Å². The quantitative estimate of drug-likeness (QED) is 0.822. The Hall–Kier alpha value is -0.0800. The number of hydrogen-bond donors (Lipinski definition) is 1. The van der Waals surface area contributed by atoms with Crippen LogP contribution in [-0.4, -0.2) is 36.1 Å². The van der Waals surface area contributed by atoms with E-state index in [1.165, 1.54) is 64.5 Å². The molecule has 2 saturated carbocycles. The minimum absolute atomic E-state index is 0.768. The molecule has 1 N–H and O–H groups in total. The average molecular weight is 293 g/mol. The molecule has 1 saturated heterocycles. The van der Waals surface area contributed by atoms with Crippen molar-refractivity contribution < 1.29 is 0 Å². The van der Waals surface area contributed by atoms with E-state index in [9.17, 15) is 0 Å². The molecule has 2 aliphatic carbocycles. The lowest BCUT2D eigenvalue weighted by Crippen LogP contribution is -2.52. The van der Waals surface area contributed by atoms with Crippen LogP contribution in [0.4, 0.5) is 0 Å². The number of hydrogen-bond acceptors (Lipinski definition) is 2. The van der Waals surface area contributed by atoms with Crippen molar-refractivity contribution in [2.75, 3.05) is 13.1 Å². The van der Waals surface area contributed by atoms with Gasteiger partial charge >= 0.3 is 0 Å². The fourth-order valence-electron chi connectivity index (χ4n) is 4.83. The summed E-state index contributed by atoms with van der Waals surface area (Å²) in [6, 6.07) is 2.56. The SMILES string of the molecule is CC1CCC(C(C)C)C(N(CC2CCCCN2)C2CC2)C1. The van der Waals surface area contributed by atoms with Gasteiger partial charge in [-0.15, -0.1) is 0 Å². The highest BCUT2D eigenvalue weighted by Crippen LogP contribution is 2.41. The van der Waals surface area contributed by atoms with E-state index in [1.807, 2.05) is 0 Å². The van der Waals surface area contributed by atoms with Gasteiger partial charge in [-0.1, -0.05) is 33.6 Å². The number of nitrogens with zero attached hydrogens (tertiary/aromatic N) is 1. The van der Waals surface area contributed by atoms with Gasteiger partial charge in [-0.25, -0.2) is 0 Å². The molecule has 0 amide bonds. The first kappa shape index (κ1) is 15.8. The predicted octanol–water partition coefficient (Wildman–Crippen LogP) is 4.05. The Balaban J connectivity index is 1.68. The van der Waals surface area contributed by atoms with E-state index in [1.54, 1.807) is 0 Å². The van der Waals surface area contributed by atoms with Crippen molar-refractivity contribution >= 4 is 0 Å². The van der Waals surface area contributed by atoms with Crippen molar-refractivity contribution in [2.45, 2.75) is 90.3 Å². The maximum atomic E-state index is 3.78. The smallest absolute Gasteiger partial charge is 0.0195 e. The third-order valence-electron chi connectivity index (χ3n) is 6.27. The Morgan fingerprint density at radius 1 is 1.05 bits per heavy atom. The molecule has 0 radical (unpaired) electrons. The number of nitrogens with one attached hydrogen (secondary N) is 1. The molecular weight excluding hydrogens is 256 g/mol. The van der Waals surface area contributed by atoms with Gasteiger partial charge in [0.15, 0.2) is 0 Å². The molecule has 3 aliphatic rings. The molecule has 0 aromatic heterocycles. The van der Waals surface area contributed by atoms with Crippen molar-refractivity contribution in [3.63, 3.8) is 0 Å². The maximum absolute atomic E-state index is 3.78. The zero-order valence-electron chi connectivity index (χ0n) is 14.5. The standard InChI is InChI=1S/C19H36N2/c1-14(2)18-10-7-15(3)12-19(18)21(17-8-9-17)13-16-6-4-5-11-20-16/h14-20H,4-13H2,1-3H3. The summed E-state index contributed by atoms with van der Waals surface area (Å²) >= 11 is 0. The van der Waals surface area contributed by atoms with E-state index in [-0.39, 0.29) is 0 Å². The van der Waals surface area contributed by atoms with E-state index in [4.69, 9.17) is 0 Å². The molecule has 2 nitrogen and oxygen atoms in total. The molecule has 3 fully saturated rings. The van der Waals surface area contributed by atoms with Gasteiger partial charge in [-0.2, -0.15) is 0 Å². The highest BCUT2D eigenvalue weighted by atomic mass is 15.2. The van der Waals surface area contributed by atoms with Gasteiger partial charge in [0.1, 0.15) is 0 Å². The summed E-state index contributed by atoms with van der Waals surface area (Å²) in [4.78, 5) is 2.96. The van der Waals surface area contributed by atoms with Crippen LogP contribution >= 0.6 is 0 Å². The summed E-state index contributed by atoms with van der Waals surface area (Å²) in [5, 5.41) is 3.78. The second-order valence-electron chi connectivity index (χ2n) is 8.47. The largest absolute Gasteiger partial charge is 0.313 e. The summed E-state index contributed by atoms with van der Waals surface area (Å²) in [5.74, 6) is 2.72. The van der Waals surface area contributed by atoms with Crippen LogP contribution < -0.4 is 5.32 Å². The first-order chi connectivity index (χ1) is 10.1. The Kier molecular flexibility index (Phi) is 5.27. The Labute approximate surface area is 132 Å². The summed E-state index contributed by atoms with van der Waals surface area (Å²) in [5.41, 5.74) is 0. The normalized spacial score (nSPS) is 38.1. The first-order valence-corrected chi connectivity index (χ1v) is 9.64. The fourth-order valence-corrected chi connectivity index (χ4v) is 4.83. The van der Waals surface area contributed by atoms with Crippen molar-refractivity contribution in [1.29, 1.82) is 0 Å². The van der Waals surface area contributed by atoms with E-state index in [2.05, 4.69) is 31.0 Å². The van der Waals surface area contributed by atoms with Gasteiger partial charge in [0, 0.05) is 24.7 Å². The van der Waals surface area contributed by atoms with Crippen LogP contribution in [0.15, 0.2) is 0 Å². The van der Waals surface area contributed by atoms with Crippen LogP contribution in [0, 0.1) is 17.8 Å². The molecule has 0 aromatic carbocycles. The van der Waals surface area contributed by atoms with Gasteiger partial charge in [0.05, 0.1) is 0 Å². The second kappa shape index (κ2) is 7.00. The molecule has 21 heavy (non-hydrogen) atoms. The molecule has 0 aromatic rings. The zero-order valence-corrected chi connectivity index (χ0v) is 14.5. The van der Waals surface area contributed by atoms with Crippen LogP contribution in [0.1, 0.15) is 72.1 Å². The minimum atomic E-state index is 0.768. The topological polar surface area (TPSA) is 15.3 Å². The Morgan fingerprint density at radius 3 is 2.48 bits per heavy atom. The monoisotopic (exact) mass is 292 g/mol. The van der Waals surface area contributed by atoms with E-state index >= 15 is 0 Å². The molecule has 4 unspecified atom stereocenters. The summed E-state index contributed by atoms with van der Waals surface area (Å²) in [7, 11) is 0. The molecule has 2 heteroatoms. The predicted molar refractivity (Wildman–Crippen MR) is 90.5 cm³/mol. The van der Waals surface area contributed by atoms with Crippen LogP contribution in [0.5, 0.6) is 0 Å². The molecule has 122 valence electrons. The highest BCUT2D eigenvalue weighted by Gasteiger charge is 2.41. The van der Waals surface area contributed by atoms with Gasteiger partial charge in [-0.3, -0.25) is 4.90 Å². The number of piperidine rings is 1. The van der Waals surface area contributed by atoms with Crippen molar-refractivity contribution in [3.8, 4) is 0 Å². The van der Waals surface area contributed by atoms with Gasteiger partial charge in [0.25, 0.3) is 0 Å². The molecule has 1 heterocycles. The van der Waals surface area contributed by atoms with Crippen molar-refractivity contribution in [3.05, 3.63) is 0 Å². The third kappa shape index (κ3) is 4.01. The highest BCUT2D eigenvalue weighted by molar-refractivity contribution is 4.96. The molecular formula is C19H36N2. The minimum Gasteiger partial charge on any atom is -0.313 e. The number of rotatable bonds is 5. The van der Waals surface area contributed by atoms with E-state index < -0.39 is 0 Å². The summed E-state index contributed by atoms with van der Waals surface area (Å²) < 4.78 is 0. The Morgan fingerprint density at radius 2 is 1.86 bits per heavy atom. The van der Waals surface area contributed by atoms with Gasteiger partial charge in [0.2, 0.25) is 0 Å². The molecule has 4 atom stereocenters. The Bertz CT molecular complexity index is 318. The lowest BCUT2D eigenvalue weighted by molar-refractivity contribution is 0.0439. The zero-order chi connectivity index (χ0) is 14.8. The van der Waals surface area contributed by atoms with E-state index in [0.29, 0.717) is 0 Å².